The average Bonchev–Trinajstić information content (AvgIpc) is 3.68. The van der Waals surface area contributed by atoms with Crippen LogP contribution >= 0.6 is 0 Å². The Morgan fingerprint density at radius 1 is 0.980 bits per heavy atom. The number of hydrogen-bond donors (Lipinski definition) is 5. The zero-order chi connectivity index (χ0) is 35.6. The summed E-state index contributed by atoms with van der Waals surface area (Å²) in [4.78, 5) is 44.3. The number of unbranched alkanes of at least 4 members (excludes halogenated alkanes) is 1. The third kappa shape index (κ3) is 9.98. The van der Waals surface area contributed by atoms with Crippen LogP contribution in [0.3, 0.4) is 0 Å². The number of fused-ring (bicyclic) bond motifs is 2. The predicted octanol–water partition coefficient (Wildman–Crippen LogP) is 4.64. The molecule has 0 saturated heterocycles. The number of alkyl halides is 3. The first-order valence-electron chi connectivity index (χ1n) is 15.7. The SMILES string of the molecule is CCNC(=O)NCCCC[C@H](NC(=O)Cc1c(C)[nH]c2ccc(OC)cc12)c1[nH]c(-c2ccc3ccccc3c2)c[nH+]1.O=C([O-])C(F)(F)F. The number of aryl methyl sites for hydroxylation is 1. The maximum absolute atomic E-state index is 13.5. The monoisotopic (exact) mass is 680 g/mol. The first kappa shape index (κ1) is 36.3. The summed E-state index contributed by atoms with van der Waals surface area (Å²) in [5.41, 5.74) is 4.92. The van der Waals surface area contributed by atoms with Gasteiger partial charge in [-0.3, -0.25) is 4.79 Å². The van der Waals surface area contributed by atoms with E-state index in [4.69, 9.17) is 14.6 Å². The number of benzene rings is 3. The van der Waals surface area contributed by atoms with Crippen molar-refractivity contribution in [3.63, 3.8) is 0 Å². The van der Waals surface area contributed by atoms with Gasteiger partial charge in [0.1, 0.15) is 24.0 Å². The molecule has 0 aliphatic carbocycles. The van der Waals surface area contributed by atoms with Crippen molar-refractivity contribution in [2.45, 2.75) is 51.7 Å². The lowest BCUT2D eigenvalue weighted by Crippen LogP contribution is -2.37. The van der Waals surface area contributed by atoms with E-state index in [9.17, 15) is 22.8 Å². The third-order valence-corrected chi connectivity index (χ3v) is 7.82. The number of carboxylic acid groups (broad SMARTS) is 1. The highest BCUT2D eigenvalue weighted by molar-refractivity contribution is 5.91. The van der Waals surface area contributed by atoms with E-state index in [1.807, 2.05) is 50.4 Å². The lowest BCUT2D eigenvalue weighted by Gasteiger charge is -2.15. The number of carbonyl (C=O) groups excluding carboxylic acids is 3. The number of ether oxygens (including phenoxy) is 1. The third-order valence-electron chi connectivity index (χ3n) is 7.82. The topological polar surface area (TPSA) is 165 Å². The zero-order valence-corrected chi connectivity index (χ0v) is 27.3. The first-order valence-corrected chi connectivity index (χ1v) is 15.7. The second kappa shape index (κ2) is 16.5. The van der Waals surface area contributed by atoms with E-state index in [1.54, 1.807) is 7.11 Å². The van der Waals surface area contributed by atoms with Crippen molar-refractivity contribution in [3.8, 4) is 17.0 Å². The van der Waals surface area contributed by atoms with Crippen LogP contribution in [0.1, 0.15) is 49.3 Å². The van der Waals surface area contributed by atoms with Gasteiger partial charge in [0, 0.05) is 35.2 Å². The molecule has 0 aliphatic rings. The summed E-state index contributed by atoms with van der Waals surface area (Å²) in [6.45, 7) is 5.04. The highest BCUT2D eigenvalue weighted by atomic mass is 19.4. The fraction of sp³-hybridized carbons (Fsp3) is 0.314. The number of aliphatic carboxylic acids is 1. The highest BCUT2D eigenvalue weighted by Gasteiger charge is 2.29. The molecule has 1 atom stereocenters. The lowest BCUT2D eigenvalue weighted by atomic mass is 10.0. The van der Waals surface area contributed by atoms with Gasteiger partial charge < -0.3 is 35.6 Å². The number of amides is 3. The Hall–Kier alpha value is -5.53. The van der Waals surface area contributed by atoms with Crippen LogP contribution in [0.5, 0.6) is 5.75 Å². The number of imidazole rings is 1. The smallest absolute Gasteiger partial charge is 0.430 e. The zero-order valence-electron chi connectivity index (χ0n) is 27.3. The number of aromatic amines is 3. The molecule has 0 radical (unpaired) electrons. The van der Waals surface area contributed by atoms with Crippen LogP contribution in [0.25, 0.3) is 32.9 Å². The van der Waals surface area contributed by atoms with Crippen LogP contribution in [0.15, 0.2) is 66.9 Å². The molecule has 0 spiro atoms. The van der Waals surface area contributed by atoms with E-state index < -0.39 is 12.1 Å². The second-order valence-corrected chi connectivity index (χ2v) is 11.3. The molecule has 11 nitrogen and oxygen atoms in total. The van der Waals surface area contributed by atoms with Crippen molar-refractivity contribution >= 4 is 39.6 Å². The van der Waals surface area contributed by atoms with Gasteiger partial charge in [0.05, 0.1) is 13.5 Å². The average molecular weight is 681 g/mol. The molecular weight excluding hydrogens is 641 g/mol. The first-order chi connectivity index (χ1) is 23.4. The molecule has 14 heteroatoms. The lowest BCUT2D eigenvalue weighted by molar-refractivity contribution is -0.391. The van der Waals surface area contributed by atoms with Gasteiger partial charge in [-0.25, -0.2) is 14.8 Å². The minimum atomic E-state index is -5.19. The van der Waals surface area contributed by atoms with Crippen LogP contribution in [-0.2, 0) is 16.0 Å². The van der Waals surface area contributed by atoms with Gasteiger partial charge in [0.2, 0.25) is 5.91 Å². The molecule has 3 aromatic carbocycles. The summed E-state index contributed by atoms with van der Waals surface area (Å²) in [6.07, 6.45) is -0.683. The number of nitrogens with one attached hydrogen (secondary N) is 6. The fourth-order valence-corrected chi connectivity index (χ4v) is 5.38. The van der Waals surface area contributed by atoms with Crippen LogP contribution in [0.4, 0.5) is 18.0 Å². The molecule has 0 saturated carbocycles. The number of H-pyrrole nitrogens is 3. The molecule has 6 N–H and O–H groups in total. The standard InChI is InChI=1S/C33H38N6O3.C2HF3O2/c1-4-34-33(41)35-16-8-7-11-29(32-36-20-30(39-32)24-13-12-22-9-5-6-10-23(22)17-24)38-31(40)19-26-21(2)37-28-15-14-25(42-3)18-27(26)28;3-2(4,5)1(6)7/h5-6,9-10,12-15,17-18,20,29,37H,4,7-8,11,16,19H2,1-3H3,(H,36,39)(H,38,40)(H2,34,35,41);(H,6,7)/t29-;/m0./s1. The molecule has 2 heterocycles. The van der Waals surface area contributed by atoms with Crippen molar-refractivity contribution < 1.29 is 42.4 Å². The van der Waals surface area contributed by atoms with E-state index in [0.717, 1.165) is 57.8 Å². The molecule has 3 amide bonds. The number of carboxylic acids is 1. The summed E-state index contributed by atoms with van der Waals surface area (Å²) in [7, 11) is 1.64. The van der Waals surface area contributed by atoms with Gasteiger partial charge in [0.15, 0.2) is 5.69 Å². The molecule has 260 valence electrons. The number of hydrogen-bond acceptors (Lipinski definition) is 5. The van der Waals surface area contributed by atoms with Crippen molar-refractivity contribution in [2.75, 3.05) is 20.2 Å². The number of carbonyl (C=O) groups is 3. The second-order valence-electron chi connectivity index (χ2n) is 11.3. The summed E-state index contributed by atoms with van der Waals surface area (Å²) < 4.78 is 37.0. The normalized spacial score (nSPS) is 11.8. The largest absolute Gasteiger partial charge is 0.542 e. The minimum absolute atomic E-state index is 0.0671. The van der Waals surface area contributed by atoms with Gasteiger partial charge in [0.25, 0.3) is 5.82 Å². The molecule has 0 bridgehead atoms. The van der Waals surface area contributed by atoms with Crippen molar-refractivity contribution in [1.82, 2.24) is 25.9 Å². The van der Waals surface area contributed by atoms with Gasteiger partial charge >= 0.3 is 12.2 Å². The number of urea groups is 1. The quantitative estimate of drug-likeness (QED) is 0.121. The predicted molar refractivity (Wildman–Crippen MR) is 176 cm³/mol. The summed E-state index contributed by atoms with van der Waals surface area (Å²) in [6, 6.07) is 20.1. The van der Waals surface area contributed by atoms with E-state index >= 15 is 0 Å². The van der Waals surface area contributed by atoms with E-state index in [-0.39, 0.29) is 24.4 Å². The number of aromatic nitrogens is 3. The van der Waals surface area contributed by atoms with Crippen molar-refractivity contribution in [2.24, 2.45) is 0 Å². The summed E-state index contributed by atoms with van der Waals surface area (Å²) in [5.74, 6) is -1.49. The molecule has 5 aromatic rings. The van der Waals surface area contributed by atoms with E-state index in [1.165, 1.54) is 10.8 Å². The van der Waals surface area contributed by atoms with E-state index in [2.05, 4.69) is 61.2 Å². The van der Waals surface area contributed by atoms with Gasteiger partial charge in [-0.2, -0.15) is 13.2 Å². The molecular formula is C35H39F3N6O5. The van der Waals surface area contributed by atoms with Crippen LogP contribution in [0, 0.1) is 6.92 Å². The van der Waals surface area contributed by atoms with Crippen LogP contribution in [-0.4, -0.2) is 54.3 Å². The van der Waals surface area contributed by atoms with Crippen LogP contribution in [0.2, 0.25) is 0 Å². The Kier molecular flexibility index (Phi) is 12.2. The minimum Gasteiger partial charge on any atom is -0.542 e. The van der Waals surface area contributed by atoms with E-state index in [0.29, 0.717) is 19.5 Å². The highest BCUT2D eigenvalue weighted by Crippen LogP contribution is 2.28. The van der Waals surface area contributed by atoms with Crippen molar-refractivity contribution in [3.05, 3.63) is 83.9 Å². The van der Waals surface area contributed by atoms with Gasteiger partial charge in [-0.15, -0.1) is 0 Å². The van der Waals surface area contributed by atoms with Gasteiger partial charge in [-0.05, 0) is 79.8 Å². The Bertz CT molecular complexity index is 1900. The molecule has 0 fully saturated rings. The van der Waals surface area contributed by atoms with Crippen LogP contribution < -0.4 is 30.8 Å². The van der Waals surface area contributed by atoms with Crippen molar-refractivity contribution in [1.29, 1.82) is 0 Å². The molecule has 5 rings (SSSR count). The Morgan fingerprint density at radius 2 is 1.71 bits per heavy atom. The maximum atomic E-state index is 13.5. The molecule has 2 aromatic heterocycles. The molecule has 49 heavy (non-hydrogen) atoms. The summed E-state index contributed by atoms with van der Waals surface area (Å²) in [5, 5.41) is 21.0. The molecule has 0 unspecified atom stereocenters. The van der Waals surface area contributed by atoms with Gasteiger partial charge in [-0.1, -0.05) is 30.3 Å². The number of methoxy groups -OCH3 is 1. The Labute approximate surface area is 280 Å². The molecule has 0 aliphatic heterocycles. The fourth-order valence-electron chi connectivity index (χ4n) is 5.38. The summed E-state index contributed by atoms with van der Waals surface area (Å²) >= 11 is 0. The number of rotatable bonds is 12. The maximum Gasteiger partial charge on any atom is 0.430 e. The number of halogens is 3. The Morgan fingerprint density at radius 3 is 2.41 bits per heavy atom. The Balaban J connectivity index is 0.000000698.